The molecule has 1 aromatic carbocycles. The second-order valence-corrected chi connectivity index (χ2v) is 8.01. The van der Waals surface area contributed by atoms with Crippen molar-refractivity contribution < 1.29 is 19.1 Å². The number of hydrogen-bond acceptors (Lipinski definition) is 5. The van der Waals surface area contributed by atoms with Crippen LogP contribution in [0.15, 0.2) is 35.4 Å². The number of rotatable bonds is 4. The number of ether oxygens (including phenoxy) is 1. The van der Waals surface area contributed by atoms with Crippen molar-refractivity contribution in [2.45, 2.75) is 32.2 Å². The standard InChI is InChI=1S/C22H28N4O4/c27-20-9-8-19(23-26(20)15-17-5-2-1-3-6-17)22(29)25-10-4-7-18(16-25)21(28)24-11-13-30-14-12-24/h1-3,5-6,18H,4,7-16H2. The van der Waals surface area contributed by atoms with Gasteiger partial charge in [-0.25, -0.2) is 5.01 Å². The van der Waals surface area contributed by atoms with Crippen LogP contribution in [0, 0.1) is 5.92 Å². The highest BCUT2D eigenvalue weighted by atomic mass is 16.5. The lowest BCUT2D eigenvalue weighted by atomic mass is 9.95. The fourth-order valence-corrected chi connectivity index (χ4v) is 4.22. The van der Waals surface area contributed by atoms with Gasteiger partial charge in [-0.2, -0.15) is 5.10 Å². The maximum atomic E-state index is 13.1. The van der Waals surface area contributed by atoms with Crippen LogP contribution in [0.5, 0.6) is 0 Å². The lowest BCUT2D eigenvalue weighted by molar-refractivity contribution is -0.142. The Bertz CT molecular complexity index is 820. The van der Waals surface area contributed by atoms with Gasteiger partial charge in [0.15, 0.2) is 0 Å². The van der Waals surface area contributed by atoms with Crippen molar-refractivity contribution in [1.29, 1.82) is 0 Å². The van der Waals surface area contributed by atoms with Gasteiger partial charge in [0, 0.05) is 39.0 Å². The SMILES string of the molecule is O=C(C1=NN(Cc2ccccc2)C(=O)CC1)N1CCCC(C(=O)N2CCOCC2)C1. The van der Waals surface area contributed by atoms with E-state index in [1.807, 2.05) is 35.2 Å². The maximum Gasteiger partial charge on any atom is 0.270 e. The van der Waals surface area contributed by atoms with Crippen molar-refractivity contribution in [2.24, 2.45) is 11.0 Å². The Hall–Kier alpha value is -2.74. The number of carbonyl (C=O) groups is 3. The summed E-state index contributed by atoms with van der Waals surface area (Å²) in [6.07, 6.45) is 2.22. The minimum Gasteiger partial charge on any atom is -0.378 e. The normalized spacial score (nSPS) is 22.7. The molecule has 0 N–H and O–H groups in total. The molecule has 160 valence electrons. The Kier molecular flexibility index (Phi) is 6.42. The second kappa shape index (κ2) is 9.38. The van der Waals surface area contributed by atoms with E-state index in [2.05, 4.69) is 5.10 Å². The first kappa shape index (κ1) is 20.5. The van der Waals surface area contributed by atoms with Crippen molar-refractivity contribution in [3.8, 4) is 0 Å². The van der Waals surface area contributed by atoms with E-state index in [-0.39, 0.29) is 30.1 Å². The highest BCUT2D eigenvalue weighted by Gasteiger charge is 2.34. The number of morpholine rings is 1. The number of nitrogens with zero attached hydrogens (tertiary/aromatic N) is 4. The summed E-state index contributed by atoms with van der Waals surface area (Å²) in [6.45, 7) is 3.78. The fraction of sp³-hybridized carbons (Fsp3) is 0.545. The molecule has 0 spiro atoms. The summed E-state index contributed by atoms with van der Waals surface area (Å²) in [6, 6.07) is 9.62. The van der Waals surface area contributed by atoms with Crippen LogP contribution in [-0.4, -0.2) is 77.6 Å². The first-order valence-corrected chi connectivity index (χ1v) is 10.7. The smallest absolute Gasteiger partial charge is 0.270 e. The van der Waals surface area contributed by atoms with Crippen LogP contribution in [0.1, 0.15) is 31.2 Å². The van der Waals surface area contributed by atoms with Crippen LogP contribution in [0.4, 0.5) is 0 Å². The molecule has 0 aromatic heterocycles. The molecule has 1 aromatic rings. The zero-order valence-corrected chi connectivity index (χ0v) is 17.2. The molecule has 2 fully saturated rings. The lowest BCUT2D eigenvalue weighted by Gasteiger charge is -2.36. The average Bonchev–Trinajstić information content (AvgIpc) is 2.81. The third-order valence-electron chi connectivity index (χ3n) is 5.91. The van der Waals surface area contributed by atoms with Gasteiger partial charge < -0.3 is 14.5 Å². The predicted molar refractivity (Wildman–Crippen MR) is 110 cm³/mol. The number of hydrogen-bond donors (Lipinski definition) is 0. The number of piperidine rings is 1. The second-order valence-electron chi connectivity index (χ2n) is 8.01. The van der Waals surface area contributed by atoms with Gasteiger partial charge in [-0.15, -0.1) is 0 Å². The van der Waals surface area contributed by atoms with Crippen molar-refractivity contribution in [3.05, 3.63) is 35.9 Å². The first-order chi connectivity index (χ1) is 14.6. The molecule has 3 heterocycles. The number of amides is 3. The van der Waals surface area contributed by atoms with Crippen LogP contribution < -0.4 is 0 Å². The van der Waals surface area contributed by atoms with Gasteiger partial charge in [0.05, 0.1) is 25.7 Å². The molecule has 8 heteroatoms. The largest absolute Gasteiger partial charge is 0.378 e. The van der Waals surface area contributed by atoms with Crippen LogP contribution >= 0.6 is 0 Å². The molecule has 3 aliphatic rings. The molecule has 0 radical (unpaired) electrons. The molecule has 3 aliphatic heterocycles. The molecule has 3 amide bonds. The fourth-order valence-electron chi connectivity index (χ4n) is 4.22. The van der Waals surface area contributed by atoms with E-state index < -0.39 is 0 Å². The molecule has 30 heavy (non-hydrogen) atoms. The van der Waals surface area contributed by atoms with Gasteiger partial charge >= 0.3 is 0 Å². The van der Waals surface area contributed by atoms with Crippen molar-refractivity contribution in [3.63, 3.8) is 0 Å². The summed E-state index contributed by atoms with van der Waals surface area (Å²) >= 11 is 0. The summed E-state index contributed by atoms with van der Waals surface area (Å²) in [5.41, 5.74) is 1.38. The van der Waals surface area contributed by atoms with Crippen LogP contribution in [0.2, 0.25) is 0 Å². The van der Waals surface area contributed by atoms with Crippen LogP contribution in [-0.2, 0) is 25.7 Å². The Morgan fingerprint density at radius 1 is 1.03 bits per heavy atom. The van der Waals surface area contributed by atoms with Gasteiger partial charge in [-0.1, -0.05) is 30.3 Å². The number of likely N-dealkylation sites (tertiary alicyclic amines) is 1. The third kappa shape index (κ3) is 4.70. The zero-order valence-electron chi connectivity index (χ0n) is 17.2. The van der Waals surface area contributed by atoms with Crippen molar-refractivity contribution >= 4 is 23.4 Å². The molecule has 4 rings (SSSR count). The third-order valence-corrected chi connectivity index (χ3v) is 5.91. The highest BCUT2D eigenvalue weighted by molar-refractivity contribution is 6.39. The van der Waals surface area contributed by atoms with Crippen LogP contribution in [0.3, 0.4) is 0 Å². The summed E-state index contributed by atoms with van der Waals surface area (Å²) < 4.78 is 5.33. The van der Waals surface area contributed by atoms with E-state index in [0.717, 1.165) is 18.4 Å². The first-order valence-electron chi connectivity index (χ1n) is 10.7. The molecule has 1 atom stereocenters. The Labute approximate surface area is 176 Å². The lowest BCUT2D eigenvalue weighted by Crippen LogP contribution is -2.51. The highest BCUT2D eigenvalue weighted by Crippen LogP contribution is 2.22. The topological polar surface area (TPSA) is 82.5 Å². The van der Waals surface area contributed by atoms with E-state index in [1.165, 1.54) is 5.01 Å². The van der Waals surface area contributed by atoms with Gasteiger partial charge in [0.25, 0.3) is 5.91 Å². The van der Waals surface area contributed by atoms with E-state index in [4.69, 9.17) is 4.74 Å². The van der Waals surface area contributed by atoms with Gasteiger partial charge in [-0.05, 0) is 18.4 Å². The van der Waals surface area contributed by atoms with E-state index in [0.29, 0.717) is 58.1 Å². The monoisotopic (exact) mass is 412 g/mol. The quantitative estimate of drug-likeness (QED) is 0.746. The van der Waals surface area contributed by atoms with Gasteiger partial charge in [-0.3, -0.25) is 14.4 Å². The summed E-state index contributed by atoms with van der Waals surface area (Å²) in [5.74, 6) is -0.288. The zero-order chi connectivity index (χ0) is 20.9. The van der Waals surface area contributed by atoms with E-state index in [9.17, 15) is 14.4 Å². The molecular formula is C22H28N4O4. The Morgan fingerprint density at radius 3 is 2.57 bits per heavy atom. The minimum absolute atomic E-state index is 0.0746. The average molecular weight is 412 g/mol. The Morgan fingerprint density at radius 2 is 1.80 bits per heavy atom. The van der Waals surface area contributed by atoms with Crippen molar-refractivity contribution in [2.75, 3.05) is 39.4 Å². The number of carbonyl (C=O) groups excluding carboxylic acids is 3. The Balaban J connectivity index is 1.41. The summed E-state index contributed by atoms with van der Waals surface area (Å²) in [4.78, 5) is 41.8. The maximum absolute atomic E-state index is 13.1. The minimum atomic E-state index is -0.174. The van der Waals surface area contributed by atoms with Crippen molar-refractivity contribution in [1.82, 2.24) is 14.8 Å². The molecule has 1 unspecified atom stereocenters. The molecular weight excluding hydrogens is 384 g/mol. The van der Waals surface area contributed by atoms with Crippen LogP contribution in [0.25, 0.3) is 0 Å². The molecule has 8 nitrogen and oxygen atoms in total. The summed E-state index contributed by atoms with van der Waals surface area (Å²) in [5, 5.41) is 5.79. The molecule has 0 aliphatic carbocycles. The summed E-state index contributed by atoms with van der Waals surface area (Å²) in [7, 11) is 0. The van der Waals surface area contributed by atoms with E-state index >= 15 is 0 Å². The molecule has 0 saturated carbocycles. The van der Waals surface area contributed by atoms with E-state index in [1.54, 1.807) is 4.90 Å². The number of benzene rings is 1. The molecule has 0 bridgehead atoms. The molecule has 2 saturated heterocycles. The van der Waals surface area contributed by atoms with Gasteiger partial charge in [0.1, 0.15) is 5.71 Å². The predicted octanol–water partition coefficient (Wildman–Crippen LogP) is 1.26. The van der Waals surface area contributed by atoms with Gasteiger partial charge in [0.2, 0.25) is 11.8 Å². The number of hydrazone groups is 1.